The molecule has 2 aromatic carbocycles. The van der Waals surface area contributed by atoms with Gasteiger partial charge in [-0.1, -0.05) is 24.3 Å². The predicted molar refractivity (Wildman–Crippen MR) is 102 cm³/mol. The summed E-state index contributed by atoms with van der Waals surface area (Å²) in [6, 6.07) is 21.3. The first kappa shape index (κ1) is 15.8. The van der Waals surface area contributed by atoms with Crippen molar-refractivity contribution in [3.05, 3.63) is 71.9 Å². The molecule has 3 aromatic rings. The van der Waals surface area contributed by atoms with Crippen LogP contribution < -0.4 is 4.90 Å². The number of hydrogen-bond acceptors (Lipinski definition) is 4. The van der Waals surface area contributed by atoms with Gasteiger partial charge in [0, 0.05) is 36.6 Å². The molecular weight excluding hydrogens is 308 g/mol. The van der Waals surface area contributed by atoms with Gasteiger partial charge in [-0.3, -0.25) is 0 Å². The summed E-state index contributed by atoms with van der Waals surface area (Å²) >= 11 is 0. The van der Waals surface area contributed by atoms with Gasteiger partial charge < -0.3 is 9.80 Å². The average Bonchev–Trinajstić information content (AvgIpc) is 2.80. The molecule has 0 saturated heterocycles. The average molecular weight is 330 g/mol. The van der Waals surface area contributed by atoms with Gasteiger partial charge in [-0.2, -0.15) is 10.2 Å². The lowest BCUT2D eigenvalue weighted by Gasteiger charge is -2.25. The molecule has 25 heavy (non-hydrogen) atoms. The van der Waals surface area contributed by atoms with Crippen LogP contribution in [0.1, 0.15) is 11.3 Å². The van der Waals surface area contributed by atoms with Crippen molar-refractivity contribution in [2.75, 3.05) is 25.0 Å². The molecule has 4 heteroatoms. The van der Waals surface area contributed by atoms with Crippen LogP contribution >= 0.6 is 0 Å². The van der Waals surface area contributed by atoms with E-state index in [9.17, 15) is 0 Å². The van der Waals surface area contributed by atoms with Crippen molar-refractivity contribution in [1.29, 1.82) is 0 Å². The molecule has 0 aliphatic carbocycles. The summed E-state index contributed by atoms with van der Waals surface area (Å²) in [7, 11) is 2.18. The first-order valence-corrected chi connectivity index (χ1v) is 8.65. The molecular formula is C21H22N4. The molecule has 1 aliphatic heterocycles. The van der Waals surface area contributed by atoms with Gasteiger partial charge in [-0.25, -0.2) is 0 Å². The molecule has 2 heterocycles. The summed E-state index contributed by atoms with van der Waals surface area (Å²) in [5.74, 6) is 0. The quantitative estimate of drug-likeness (QED) is 0.710. The molecule has 4 nitrogen and oxygen atoms in total. The summed E-state index contributed by atoms with van der Waals surface area (Å²) in [5, 5.41) is 8.53. The second-order valence-corrected chi connectivity index (χ2v) is 6.63. The first-order valence-electron chi connectivity index (χ1n) is 8.65. The summed E-state index contributed by atoms with van der Waals surface area (Å²) < 4.78 is 0. The van der Waals surface area contributed by atoms with E-state index < -0.39 is 0 Å². The Morgan fingerprint density at radius 2 is 1.72 bits per heavy atom. The van der Waals surface area contributed by atoms with Gasteiger partial charge in [0.05, 0.1) is 11.4 Å². The monoisotopic (exact) mass is 330 g/mol. The highest BCUT2D eigenvalue weighted by molar-refractivity contribution is 5.72. The molecule has 0 atom stereocenters. The third kappa shape index (κ3) is 3.26. The van der Waals surface area contributed by atoms with Crippen molar-refractivity contribution < 1.29 is 0 Å². The second-order valence-electron chi connectivity index (χ2n) is 6.63. The molecule has 1 aliphatic rings. The number of hydrogen-bond donors (Lipinski definition) is 0. The Morgan fingerprint density at radius 1 is 0.880 bits per heavy atom. The molecule has 1 aromatic heterocycles. The van der Waals surface area contributed by atoms with Crippen LogP contribution in [0.5, 0.6) is 0 Å². The molecule has 0 saturated carbocycles. The van der Waals surface area contributed by atoms with E-state index in [0.717, 1.165) is 36.6 Å². The zero-order valence-electron chi connectivity index (χ0n) is 14.7. The summed E-state index contributed by atoms with van der Waals surface area (Å²) in [5.41, 5.74) is 6.82. The van der Waals surface area contributed by atoms with Crippen LogP contribution in [-0.2, 0) is 6.54 Å². The Morgan fingerprint density at radius 3 is 2.48 bits per heavy atom. The third-order valence-corrected chi connectivity index (χ3v) is 4.68. The van der Waals surface area contributed by atoms with Crippen molar-refractivity contribution in [2.45, 2.75) is 13.5 Å². The zero-order chi connectivity index (χ0) is 17.2. The molecule has 0 amide bonds. The molecule has 0 bridgehead atoms. The molecule has 126 valence electrons. The Bertz CT molecular complexity index is 859. The maximum absolute atomic E-state index is 4.34. The number of benzene rings is 2. The van der Waals surface area contributed by atoms with Crippen LogP contribution in [0.2, 0.25) is 0 Å². The minimum absolute atomic E-state index is 0.923. The van der Waals surface area contributed by atoms with Crippen LogP contribution in [0.3, 0.4) is 0 Å². The van der Waals surface area contributed by atoms with Gasteiger partial charge >= 0.3 is 0 Å². The van der Waals surface area contributed by atoms with E-state index in [0.29, 0.717) is 0 Å². The van der Waals surface area contributed by atoms with Crippen molar-refractivity contribution >= 4 is 11.4 Å². The number of likely N-dealkylation sites (N-methyl/N-ethyl adjacent to an activating group) is 1. The van der Waals surface area contributed by atoms with Gasteiger partial charge in [-0.15, -0.1) is 0 Å². The van der Waals surface area contributed by atoms with E-state index in [4.69, 9.17) is 0 Å². The van der Waals surface area contributed by atoms with E-state index in [1.54, 1.807) is 0 Å². The van der Waals surface area contributed by atoms with Crippen molar-refractivity contribution in [3.8, 4) is 11.3 Å². The van der Waals surface area contributed by atoms with Crippen LogP contribution in [0.15, 0.2) is 60.7 Å². The Balaban J connectivity index is 1.77. The van der Waals surface area contributed by atoms with Crippen molar-refractivity contribution in [3.63, 3.8) is 0 Å². The number of fused-ring (bicyclic) bond motifs is 1. The molecule has 0 spiro atoms. The lowest BCUT2D eigenvalue weighted by atomic mass is 10.0. The Kier molecular flexibility index (Phi) is 4.20. The fraction of sp³-hybridized carbons (Fsp3) is 0.238. The van der Waals surface area contributed by atoms with Crippen LogP contribution in [0.4, 0.5) is 11.4 Å². The lowest BCUT2D eigenvalue weighted by molar-refractivity contribution is 0.343. The number of aryl methyl sites for hydroxylation is 1. The SMILES string of the molecule is Cc1ccc(-c2ccc3c(c2)CN(C)CCN3c2ccccc2)nn1. The fourth-order valence-corrected chi connectivity index (χ4v) is 3.32. The van der Waals surface area contributed by atoms with E-state index in [1.165, 1.54) is 16.9 Å². The maximum atomic E-state index is 4.34. The van der Waals surface area contributed by atoms with Gasteiger partial charge in [-0.05, 0) is 55.9 Å². The number of para-hydroxylation sites is 1. The van der Waals surface area contributed by atoms with Gasteiger partial charge in [0.25, 0.3) is 0 Å². The minimum atomic E-state index is 0.923. The predicted octanol–water partition coefficient (Wildman–Crippen LogP) is 4.04. The van der Waals surface area contributed by atoms with Gasteiger partial charge in [0.2, 0.25) is 0 Å². The maximum Gasteiger partial charge on any atom is 0.0929 e. The lowest BCUT2D eigenvalue weighted by Crippen LogP contribution is -2.26. The summed E-state index contributed by atoms with van der Waals surface area (Å²) in [6.45, 7) is 4.91. The normalized spacial score (nSPS) is 14.9. The van der Waals surface area contributed by atoms with Crippen LogP contribution in [0.25, 0.3) is 11.3 Å². The van der Waals surface area contributed by atoms with E-state index in [-0.39, 0.29) is 0 Å². The Labute approximate surface area is 148 Å². The standard InChI is InChI=1S/C21H22N4/c1-16-8-10-20(23-22-16)17-9-11-21-18(14-17)15-24(2)12-13-25(21)19-6-4-3-5-7-19/h3-11,14H,12-13,15H2,1-2H3. The molecule has 0 fully saturated rings. The highest BCUT2D eigenvalue weighted by Crippen LogP contribution is 2.33. The van der Waals surface area contributed by atoms with Gasteiger partial charge in [0.15, 0.2) is 0 Å². The topological polar surface area (TPSA) is 32.3 Å². The number of nitrogens with zero attached hydrogens (tertiary/aromatic N) is 4. The van der Waals surface area contributed by atoms with E-state index in [2.05, 4.69) is 75.6 Å². The molecule has 0 unspecified atom stereocenters. The van der Waals surface area contributed by atoms with Crippen LogP contribution in [-0.4, -0.2) is 35.2 Å². The van der Waals surface area contributed by atoms with Gasteiger partial charge in [0.1, 0.15) is 0 Å². The Hall–Kier alpha value is -2.72. The molecule has 0 N–H and O–H groups in total. The third-order valence-electron chi connectivity index (χ3n) is 4.68. The highest BCUT2D eigenvalue weighted by Gasteiger charge is 2.19. The van der Waals surface area contributed by atoms with Crippen molar-refractivity contribution in [2.24, 2.45) is 0 Å². The molecule has 4 rings (SSSR count). The highest BCUT2D eigenvalue weighted by atomic mass is 15.2. The summed E-state index contributed by atoms with van der Waals surface area (Å²) in [4.78, 5) is 4.77. The summed E-state index contributed by atoms with van der Waals surface area (Å²) in [6.07, 6.45) is 0. The van der Waals surface area contributed by atoms with Crippen LogP contribution in [0, 0.1) is 6.92 Å². The smallest absolute Gasteiger partial charge is 0.0929 e. The zero-order valence-corrected chi connectivity index (χ0v) is 14.7. The number of rotatable bonds is 2. The second kappa shape index (κ2) is 6.65. The minimum Gasteiger partial charge on any atom is -0.340 e. The first-order chi connectivity index (χ1) is 12.2. The van der Waals surface area contributed by atoms with E-state index >= 15 is 0 Å². The number of anilines is 2. The molecule has 0 radical (unpaired) electrons. The van der Waals surface area contributed by atoms with Crippen molar-refractivity contribution in [1.82, 2.24) is 15.1 Å². The number of aromatic nitrogens is 2. The largest absolute Gasteiger partial charge is 0.340 e. The fourth-order valence-electron chi connectivity index (χ4n) is 3.32. The van der Waals surface area contributed by atoms with E-state index in [1.807, 2.05) is 19.1 Å².